The maximum atomic E-state index is 13.6. The first-order chi connectivity index (χ1) is 18.8. The third-order valence-corrected chi connectivity index (χ3v) is 8.96. The molecule has 1 heterocycles. The van der Waals surface area contributed by atoms with Gasteiger partial charge in [0, 0.05) is 17.3 Å². The molecular formula is C31H48O9. The Hall–Kier alpha value is -1.85. The predicted molar refractivity (Wildman–Crippen MR) is 150 cm³/mol. The summed E-state index contributed by atoms with van der Waals surface area (Å²) in [6.07, 6.45) is 2.69. The van der Waals surface area contributed by atoms with E-state index in [-0.39, 0.29) is 24.1 Å². The lowest BCUT2D eigenvalue weighted by molar-refractivity contribution is -0.302. The number of rotatable bonds is 5. The number of Topliss-reactive ketones (excluding diaryl/α,β-unsaturated/α-hetero) is 1. The molecule has 9 nitrogen and oxygen atoms in total. The maximum absolute atomic E-state index is 13.6. The van der Waals surface area contributed by atoms with Crippen molar-refractivity contribution in [2.75, 3.05) is 13.2 Å². The lowest BCUT2D eigenvalue weighted by Gasteiger charge is -2.40. The van der Waals surface area contributed by atoms with E-state index in [1.165, 1.54) is 11.1 Å². The average Bonchev–Trinajstić information content (AvgIpc) is 3.11. The summed E-state index contributed by atoms with van der Waals surface area (Å²) < 4.78 is 11.2. The molecule has 1 aliphatic heterocycles. The number of ketones is 1. The van der Waals surface area contributed by atoms with Crippen LogP contribution in [0.15, 0.2) is 46.3 Å². The van der Waals surface area contributed by atoms with E-state index in [1.54, 1.807) is 0 Å². The van der Waals surface area contributed by atoms with Gasteiger partial charge in [0.1, 0.15) is 24.4 Å². The van der Waals surface area contributed by atoms with Crippen LogP contribution >= 0.6 is 0 Å². The van der Waals surface area contributed by atoms with Gasteiger partial charge >= 0.3 is 0 Å². The standard InChI is InChI=1S/C31H48O9/c1-17-7-6-8-18(2)13-14-31(5)21(11-10-19(3)22(33)12-9-17)24(26(35)29(31)38)20(4)16-39-30-28(37)27(36)25(34)23(15-32)40-30/h7,10,13,20-23,25,27-28,30,32-37H,6,8-9,11-12,14-16H2,1-5H3. The number of hydrogen-bond donors (Lipinski definition) is 6. The highest BCUT2D eigenvalue weighted by Gasteiger charge is 2.52. The molecule has 226 valence electrons. The minimum atomic E-state index is -1.56. The minimum absolute atomic E-state index is 0.0485. The van der Waals surface area contributed by atoms with Crippen LogP contribution in [0.1, 0.15) is 73.1 Å². The fourth-order valence-corrected chi connectivity index (χ4v) is 5.97. The molecule has 0 aromatic heterocycles. The number of fused-ring (bicyclic) bond motifs is 1. The molecule has 3 rings (SSSR count). The van der Waals surface area contributed by atoms with Crippen LogP contribution in [0, 0.1) is 17.3 Å². The molecule has 1 saturated heterocycles. The normalized spacial score (nSPS) is 37.6. The van der Waals surface area contributed by atoms with Gasteiger partial charge in [0.15, 0.2) is 12.0 Å². The van der Waals surface area contributed by atoms with Gasteiger partial charge in [-0.2, -0.15) is 0 Å². The van der Waals surface area contributed by atoms with Gasteiger partial charge in [0.05, 0.1) is 19.3 Å². The monoisotopic (exact) mass is 564 g/mol. The van der Waals surface area contributed by atoms with Crippen LogP contribution in [0.2, 0.25) is 0 Å². The second kappa shape index (κ2) is 13.9. The van der Waals surface area contributed by atoms with Gasteiger partial charge in [-0.15, -0.1) is 0 Å². The van der Waals surface area contributed by atoms with Gasteiger partial charge in [0.25, 0.3) is 0 Å². The van der Waals surface area contributed by atoms with E-state index >= 15 is 0 Å². The summed E-state index contributed by atoms with van der Waals surface area (Å²) in [7, 11) is 0. The van der Waals surface area contributed by atoms with E-state index in [0.717, 1.165) is 24.8 Å². The first-order valence-corrected chi connectivity index (χ1v) is 14.4. The molecule has 6 N–H and O–H groups in total. The lowest BCUT2D eigenvalue weighted by Crippen LogP contribution is -2.59. The number of carbonyl (C=O) groups is 1. The Kier molecular flexibility index (Phi) is 11.3. The van der Waals surface area contributed by atoms with Crippen LogP contribution < -0.4 is 0 Å². The molecule has 9 atom stereocenters. The van der Waals surface area contributed by atoms with E-state index in [9.17, 15) is 35.4 Å². The molecule has 2 aliphatic carbocycles. The van der Waals surface area contributed by atoms with E-state index in [1.807, 2.05) is 26.8 Å². The van der Waals surface area contributed by atoms with Gasteiger partial charge < -0.3 is 40.1 Å². The van der Waals surface area contributed by atoms with Crippen LogP contribution in [-0.4, -0.2) is 86.4 Å². The van der Waals surface area contributed by atoms with E-state index in [4.69, 9.17) is 9.47 Å². The van der Waals surface area contributed by atoms with Gasteiger partial charge in [-0.25, -0.2) is 0 Å². The Labute approximate surface area is 237 Å². The van der Waals surface area contributed by atoms with Crippen LogP contribution in [0.4, 0.5) is 0 Å². The Morgan fingerprint density at radius 1 is 1.02 bits per heavy atom. The number of allylic oxidation sites excluding steroid dienone is 6. The Balaban J connectivity index is 1.87. The summed E-state index contributed by atoms with van der Waals surface area (Å²) >= 11 is 0. The molecule has 0 bridgehead atoms. The lowest BCUT2D eigenvalue weighted by atomic mass is 9.70. The zero-order valence-electron chi connectivity index (χ0n) is 24.4. The number of aliphatic hydroxyl groups excluding tert-OH is 6. The van der Waals surface area contributed by atoms with E-state index in [0.29, 0.717) is 24.8 Å². The zero-order chi connectivity index (χ0) is 29.8. The quantitative estimate of drug-likeness (QED) is 0.276. The fraction of sp³-hybridized carbons (Fsp3) is 0.710. The van der Waals surface area contributed by atoms with Crippen molar-refractivity contribution in [3.05, 3.63) is 46.3 Å². The highest BCUT2D eigenvalue weighted by atomic mass is 16.7. The SMILES string of the molecule is CC1=CCC2(C)C(=O)C(O)=C(C(C)COC3OC(CO)C(O)C(O)C3O)C2CC=C(C)C(O)CCC(C)=CCC1. The molecule has 0 aromatic rings. The van der Waals surface area contributed by atoms with Crippen molar-refractivity contribution in [2.45, 2.75) is 110 Å². The van der Waals surface area contributed by atoms with Gasteiger partial charge in [0.2, 0.25) is 5.78 Å². The van der Waals surface area contributed by atoms with Gasteiger partial charge in [-0.05, 0) is 70.4 Å². The van der Waals surface area contributed by atoms with Crippen molar-refractivity contribution in [3.8, 4) is 0 Å². The number of aliphatic hydroxyl groups is 6. The molecule has 0 saturated carbocycles. The van der Waals surface area contributed by atoms with Crippen molar-refractivity contribution in [1.82, 2.24) is 0 Å². The highest BCUT2D eigenvalue weighted by molar-refractivity contribution is 6.02. The number of ether oxygens (including phenoxy) is 2. The van der Waals surface area contributed by atoms with Crippen molar-refractivity contribution in [2.24, 2.45) is 17.3 Å². The largest absolute Gasteiger partial charge is 0.504 e. The fourth-order valence-electron chi connectivity index (χ4n) is 5.97. The van der Waals surface area contributed by atoms with Crippen LogP contribution in [0.25, 0.3) is 0 Å². The molecule has 0 spiro atoms. The number of carbonyl (C=O) groups excluding carboxylic acids is 1. The first kappa shape index (κ1) is 32.7. The summed E-state index contributed by atoms with van der Waals surface area (Å²) in [6.45, 7) is 9.09. The summed E-state index contributed by atoms with van der Waals surface area (Å²) in [5.74, 6) is -1.43. The topological polar surface area (TPSA) is 157 Å². The van der Waals surface area contributed by atoms with Gasteiger partial charge in [-0.3, -0.25) is 4.79 Å². The third-order valence-electron chi connectivity index (χ3n) is 8.96. The van der Waals surface area contributed by atoms with Crippen molar-refractivity contribution < 1.29 is 44.9 Å². The molecule has 40 heavy (non-hydrogen) atoms. The smallest absolute Gasteiger partial charge is 0.203 e. The summed E-state index contributed by atoms with van der Waals surface area (Å²) in [5.41, 5.74) is 2.89. The molecular weight excluding hydrogens is 516 g/mol. The Morgan fingerprint density at radius 2 is 1.70 bits per heavy atom. The number of hydrogen-bond acceptors (Lipinski definition) is 9. The second-order valence-electron chi connectivity index (χ2n) is 12.1. The third kappa shape index (κ3) is 7.13. The summed E-state index contributed by atoms with van der Waals surface area (Å²) in [5, 5.41) is 61.9. The zero-order valence-corrected chi connectivity index (χ0v) is 24.4. The molecule has 0 radical (unpaired) electrons. The molecule has 9 heteroatoms. The second-order valence-corrected chi connectivity index (χ2v) is 12.1. The van der Waals surface area contributed by atoms with Crippen LogP contribution in [0.3, 0.4) is 0 Å². The van der Waals surface area contributed by atoms with Crippen molar-refractivity contribution in [3.63, 3.8) is 0 Å². The minimum Gasteiger partial charge on any atom is -0.504 e. The molecule has 3 aliphatic rings. The first-order valence-electron chi connectivity index (χ1n) is 14.4. The van der Waals surface area contributed by atoms with Crippen LogP contribution in [-0.2, 0) is 14.3 Å². The molecule has 0 amide bonds. The predicted octanol–water partition coefficient (Wildman–Crippen LogP) is 3.01. The Morgan fingerprint density at radius 3 is 2.38 bits per heavy atom. The van der Waals surface area contributed by atoms with Crippen LogP contribution in [0.5, 0.6) is 0 Å². The van der Waals surface area contributed by atoms with E-state index < -0.39 is 54.7 Å². The molecule has 0 aromatic carbocycles. The summed E-state index contributed by atoms with van der Waals surface area (Å²) in [6, 6.07) is 0. The van der Waals surface area contributed by atoms with Gasteiger partial charge in [-0.1, -0.05) is 43.2 Å². The maximum Gasteiger partial charge on any atom is 0.203 e. The summed E-state index contributed by atoms with van der Waals surface area (Å²) in [4.78, 5) is 13.6. The molecule has 9 unspecified atom stereocenters. The average molecular weight is 565 g/mol. The van der Waals surface area contributed by atoms with Crippen molar-refractivity contribution in [1.29, 1.82) is 0 Å². The van der Waals surface area contributed by atoms with Crippen molar-refractivity contribution >= 4 is 5.78 Å². The molecule has 1 fully saturated rings. The Bertz CT molecular complexity index is 1030. The highest BCUT2D eigenvalue weighted by Crippen LogP contribution is 2.51. The van der Waals surface area contributed by atoms with E-state index in [2.05, 4.69) is 26.0 Å².